The van der Waals surface area contributed by atoms with Gasteiger partial charge in [-0.3, -0.25) is 14.4 Å². The molecular formula is C22H37N5O6. The molecule has 0 aliphatic carbocycles. The van der Waals surface area contributed by atoms with Crippen LogP contribution >= 0.6 is 0 Å². The summed E-state index contributed by atoms with van der Waals surface area (Å²) >= 11 is 0. The molecule has 0 amide bonds. The van der Waals surface area contributed by atoms with E-state index in [0.717, 1.165) is 38.5 Å². The van der Waals surface area contributed by atoms with Crippen LogP contribution in [0.15, 0.2) is 6.07 Å². The van der Waals surface area contributed by atoms with Gasteiger partial charge in [0.25, 0.3) is 0 Å². The highest BCUT2D eigenvalue weighted by atomic mass is 16.6. The molecule has 1 rings (SSSR count). The summed E-state index contributed by atoms with van der Waals surface area (Å²) in [6.07, 6.45) is 7.20. The number of rotatable bonds is 18. The van der Waals surface area contributed by atoms with E-state index in [0.29, 0.717) is 38.9 Å². The Balaban J connectivity index is 2.78. The predicted molar refractivity (Wildman–Crippen MR) is 122 cm³/mol. The maximum absolute atomic E-state index is 12.1. The van der Waals surface area contributed by atoms with E-state index in [9.17, 15) is 14.4 Å². The molecule has 0 saturated carbocycles. The molecule has 0 radical (unpaired) electrons. The summed E-state index contributed by atoms with van der Waals surface area (Å²) in [5.74, 6) is -1.89. The average molecular weight is 468 g/mol. The van der Waals surface area contributed by atoms with Crippen LogP contribution in [-0.2, 0) is 14.4 Å². The molecule has 0 fully saturated rings. The fourth-order valence-corrected chi connectivity index (χ4v) is 2.79. The summed E-state index contributed by atoms with van der Waals surface area (Å²) in [4.78, 5) is 44.2. The molecule has 0 spiro atoms. The third kappa shape index (κ3) is 14.2. The molecule has 0 saturated heterocycles. The monoisotopic (exact) mass is 467 g/mol. The number of hydrogen-bond acceptors (Lipinski definition) is 11. The van der Waals surface area contributed by atoms with Gasteiger partial charge in [0.15, 0.2) is 0 Å². The number of ether oxygens (including phenoxy) is 3. The molecule has 0 aliphatic rings. The molecule has 0 atom stereocenters. The SMILES string of the molecule is NCCCCCC(=O)Oc1cc(OC(=O)CCCCCN)nc(OC(=O)CCCCCN)n1. The van der Waals surface area contributed by atoms with E-state index in [2.05, 4.69) is 9.97 Å². The van der Waals surface area contributed by atoms with Crippen LogP contribution in [0.1, 0.15) is 77.0 Å². The zero-order valence-corrected chi connectivity index (χ0v) is 19.3. The highest BCUT2D eigenvalue weighted by Gasteiger charge is 2.16. The Morgan fingerprint density at radius 2 is 0.939 bits per heavy atom. The van der Waals surface area contributed by atoms with Gasteiger partial charge in [-0.2, -0.15) is 9.97 Å². The molecular weight excluding hydrogens is 430 g/mol. The van der Waals surface area contributed by atoms with Gasteiger partial charge in [-0.25, -0.2) is 0 Å². The molecule has 33 heavy (non-hydrogen) atoms. The number of carbonyl (C=O) groups is 3. The van der Waals surface area contributed by atoms with Crippen molar-refractivity contribution in [3.63, 3.8) is 0 Å². The van der Waals surface area contributed by atoms with Crippen LogP contribution in [-0.4, -0.2) is 47.5 Å². The number of nitrogens with zero attached hydrogens (tertiary/aromatic N) is 2. The minimum absolute atomic E-state index is 0.158. The first kappa shape index (κ1) is 28.4. The number of aromatic nitrogens is 2. The van der Waals surface area contributed by atoms with E-state index < -0.39 is 17.9 Å². The van der Waals surface area contributed by atoms with Crippen LogP contribution in [0.5, 0.6) is 17.8 Å². The van der Waals surface area contributed by atoms with Crippen molar-refractivity contribution in [2.45, 2.75) is 77.0 Å². The zero-order chi connectivity index (χ0) is 24.3. The van der Waals surface area contributed by atoms with Gasteiger partial charge in [-0.05, 0) is 58.2 Å². The lowest BCUT2D eigenvalue weighted by molar-refractivity contribution is -0.135. The van der Waals surface area contributed by atoms with Gasteiger partial charge in [0, 0.05) is 19.3 Å². The van der Waals surface area contributed by atoms with Crippen LogP contribution in [0.25, 0.3) is 0 Å². The van der Waals surface area contributed by atoms with E-state index >= 15 is 0 Å². The summed E-state index contributed by atoms with van der Waals surface area (Å²) in [5.41, 5.74) is 16.3. The lowest BCUT2D eigenvalue weighted by Crippen LogP contribution is -2.15. The van der Waals surface area contributed by atoms with Crippen molar-refractivity contribution in [1.29, 1.82) is 0 Å². The van der Waals surface area contributed by atoms with Crippen molar-refractivity contribution in [3.05, 3.63) is 6.07 Å². The summed E-state index contributed by atoms with van der Waals surface area (Å²) in [6, 6.07) is 0.868. The molecule has 0 aliphatic heterocycles. The quantitative estimate of drug-likeness (QED) is 0.211. The second-order valence-electron chi connectivity index (χ2n) is 7.55. The van der Waals surface area contributed by atoms with Gasteiger partial charge < -0.3 is 31.4 Å². The summed E-state index contributed by atoms with van der Waals surface area (Å²) in [5, 5.41) is 0. The zero-order valence-electron chi connectivity index (χ0n) is 19.3. The van der Waals surface area contributed by atoms with Crippen molar-refractivity contribution in [2.24, 2.45) is 17.2 Å². The first-order valence-corrected chi connectivity index (χ1v) is 11.6. The molecule has 1 aromatic heterocycles. The Kier molecular flexibility index (Phi) is 15.4. The Labute approximate surface area is 194 Å². The van der Waals surface area contributed by atoms with Crippen molar-refractivity contribution in [1.82, 2.24) is 9.97 Å². The van der Waals surface area contributed by atoms with E-state index in [1.165, 1.54) is 6.07 Å². The highest BCUT2D eigenvalue weighted by molar-refractivity contribution is 5.74. The summed E-state index contributed by atoms with van der Waals surface area (Å²) < 4.78 is 15.6. The molecule has 0 bridgehead atoms. The van der Waals surface area contributed by atoms with Gasteiger partial charge in [-0.15, -0.1) is 0 Å². The Hall–Kier alpha value is -2.63. The van der Waals surface area contributed by atoms with Crippen molar-refractivity contribution < 1.29 is 28.6 Å². The molecule has 11 heteroatoms. The predicted octanol–water partition coefficient (Wildman–Crippen LogP) is 1.75. The number of hydrogen-bond donors (Lipinski definition) is 3. The standard InChI is InChI=1S/C22H37N5O6/c23-13-7-1-4-10-19(28)31-17-16-18(32-20(29)11-5-2-8-14-24)27-22(26-17)33-21(30)12-6-3-9-15-25/h16H,1-15,23-25H2. The van der Waals surface area contributed by atoms with Gasteiger partial charge in [0.2, 0.25) is 11.8 Å². The summed E-state index contributed by atoms with van der Waals surface area (Å²) in [6.45, 7) is 1.67. The number of esters is 3. The fraction of sp³-hybridized carbons (Fsp3) is 0.682. The van der Waals surface area contributed by atoms with E-state index in [1.54, 1.807) is 0 Å². The van der Waals surface area contributed by atoms with Crippen molar-refractivity contribution in [2.75, 3.05) is 19.6 Å². The first-order valence-electron chi connectivity index (χ1n) is 11.6. The number of unbranched alkanes of at least 4 members (excludes halogenated alkanes) is 6. The smallest absolute Gasteiger partial charge is 0.330 e. The van der Waals surface area contributed by atoms with E-state index in [-0.39, 0.29) is 37.0 Å². The molecule has 11 nitrogen and oxygen atoms in total. The second kappa shape index (κ2) is 17.9. The molecule has 6 N–H and O–H groups in total. The Bertz CT molecular complexity index is 624. The third-order valence-electron chi connectivity index (χ3n) is 4.56. The molecule has 0 unspecified atom stereocenters. The lowest BCUT2D eigenvalue weighted by atomic mass is 10.2. The molecule has 1 aromatic rings. The third-order valence-corrected chi connectivity index (χ3v) is 4.56. The highest BCUT2D eigenvalue weighted by Crippen LogP contribution is 2.21. The van der Waals surface area contributed by atoms with Crippen LogP contribution in [0.2, 0.25) is 0 Å². The average Bonchev–Trinajstić information content (AvgIpc) is 2.77. The Morgan fingerprint density at radius 1 is 0.576 bits per heavy atom. The van der Waals surface area contributed by atoms with Gasteiger partial charge >= 0.3 is 23.9 Å². The van der Waals surface area contributed by atoms with Gasteiger partial charge in [0.05, 0.1) is 6.07 Å². The van der Waals surface area contributed by atoms with Gasteiger partial charge in [-0.1, -0.05) is 19.3 Å². The lowest BCUT2D eigenvalue weighted by Gasteiger charge is -2.09. The van der Waals surface area contributed by atoms with Crippen LogP contribution in [0.3, 0.4) is 0 Å². The van der Waals surface area contributed by atoms with Gasteiger partial charge in [0.1, 0.15) is 0 Å². The molecule has 0 aromatic carbocycles. The summed E-state index contributed by atoms with van der Waals surface area (Å²) in [7, 11) is 0. The van der Waals surface area contributed by atoms with E-state index in [4.69, 9.17) is 31.4 Å². The topological polar surface area (TPSA) is 183 Å². The van der Waals surface area contributed by atoms with Crippen LogP contribution in [0, 0.1) is 0 Å². The minimum atomic E-state index is -0.545. The normalized spacial score (nSPS) is 10.6. The first-order chi connectivity index (χ1) is 16.0. The number of carbonyl (C=O) groups excluding carboxylic acids is 3. The fourth-order valence-electron chi connectivity index (χ4n) is 2.79. The maximum atomic E-state index is 12.1. The maximum Gasteiger partial charge on any atom is 0.330 e. The largest absolute Gasteiger partial charge is 0.407 e. The van der Waals surface area contributed by atoms with Crippen LogP contribution in [0.4, 0.5) is 0 Å². The van der Waals surface area contributed by atoms with Crippen LogP contribution < -0.4 is 31.4 Å². The minimum Gasteiger partial charge on any atom is -0.407 e. The molecule has 1 heterocycles. The van der Waals surface area contributed by atoms with Crippen molar-refractivity contribution >= 4 is 17.9 Å². The van der Waals surface area contributed by atoms with Crippen molar-refractivity contribution in [3.8, 4) is 17.8 Å². The Morgan fingerprint density at radius 3 is 1.30 bits per heavy atom. The molecule has 186 valence electrons. The van der Waals surface area contributed by atoms with E-state index in [1.807, 2.05) is 0 Å². The second-order valence-corrected chi connectivity index (χ2v) is 7.55. The number of nitrogens with two attached hydrogens (primary N) is 3.